The highest BCUT2D eigenvalue weighted by Crippen LogP contribution is 2.14. The van der Waals surface area contributed by atoms with Crippen LogP contribution in [0.4, 0.5) is 10.1 Å². The average molecular weight is 249 g/mol. The maximum atomic E-state index is 13.1. The number of nitrogens with zero attached hydrogens (tertiary/aromatic N) is 2. The van der Waals surface area contributed by atoms with Crippen LogP contribution in [0.25, 0.3) is 0 Å². The molecule has 0 saturated carbocycles. The molecule has 0 amide bonds. The number of nitriles is 1. The number of amidine groups is 1. The lowest BCUT2D eigenvalue weighted by atomic mass is 10.2. The molecule has 0 heterocycles. The molecule has 0 aromatic heterocycles. The Bertz CT molecular complexity index is 576. The van der Waals surface area contributed by atoms with Crippen LogP contribution in [0, 0.1) is 22.6 Å². The standard InChI is InChI=1S/C10H8FN5O2/c11-7-2-1-5(3-6(7)10(17)18)15-16-8(4-12)9(13)14/h1-3,15H,(H3,13,14)(H,17,18)/b16-8+. The van der Waals surface area contributed by atoms with E-state index in [2.05, 4.69) is 10.5 Å². The van der Waals surface area contributed by atoms with Gasteiger partial charge >= 0.3 is 5.97 Å². The fourth-order valence-electron chi connectivity index (χ4n) is 1.02. The van der Waals surface area contributed by atoms with Gasteiger partial charge in [0.1, 0.15) is 11.9 Å². The largest absolute Gasteiger partial charge is 0.478 e. The normalized spacial score (nSPS) is 10.6. The lowest BCUT2D eigenvalue weighted by Crippen LogP contribution is -2.21. The fraction of sp³-hybridized carbons (Fsp3) is 0. The Morgan fingerprint density at radius 3 is 2.78 bits per heavy atom. The highest BCUT2D eigenvalue weighted by atomic mass is 19.1. The zero-order valence-corrected chi connectivity index (χ0v) is 8.94. The molecule has 7 nitrogen and oxygen atoms in total. The first-order valence-corrected chi connectivity index (χ1v) is 4.56. The van der Waals surface area contributed by atoms with E-state index in [1.807, 2.05) is 0 Å². The number of aromatic carboxylic acids is 1. The van der Waals surface area contributed by atoms with Gasteiger partial charge in [-0.25, -0.2) is 9.18 Å². The number of carbonyl (C=O) groups is 1. The van der Waals surface area contributed by atoms with E-state index in [0.717, 1.165) is 12.1 Å². The molecule has 0 unspecified atom stereocenters. The summed E-state index contributed by atoms with van der Waals surface area (Å²) in [5, 5.41) is 27.7. The second kappa shape index (κ2) is 5.40. The number of nitrogens with one attached hydrogen (secondary N) is 2. The molecule has 0 fully saturated rings. The van der Waals surface area contributed by atoms with E-state index in [1.54, 1.807) is 6.07 Å². The molecule has 1 aromatic carbocycles. The van der Waals surface area contributed by atoms with Gasteiger partial charge in [-0.3, -0.25) is 10.8 Å². The third-order valence-electron chi connectivity index (χ3n) is 1.85. The van der Waals surface area contributed by atoms with E-state index in [4.69, 9.17) is 21.5 Å². The molecule has 5 N–H and O–H groups in total. The summed E-state index contributed by atoms with van der Waals surface area (Å²) in [7, 11) is 0. The number of halogens is 1. The summed E-state index contributed by atoms with van der Waals surface area (Å²) in [5.41, 5.74) is 6.62. The van der Waals surface area contributed by atoms with Crippen molar-refractivity contribution in [3.8, 4) is 6.07 Å². The van der Waals surface area contributed by atoms with Gasteiger partial charge in [-0.15, -0.1) is 0 Å². The minimum absolute atomic E-state index is 0.155. The van der Waals surface area contributed by atoms with Crippen LogP contribution < -0.4 is 11.2 Å². The number of hydrazone groups is 1. The number of carboxylic acid groups (broad SMARTS) is 1. The van der Waals surface area contributed by atoms with Gasteiger partial charge in [-0.05, 0) is 18.2 Å². The quantitative estimate of drug-likeness (QED) is 0.354. The summed E-state index contributed by atoms with van der Waals surface area (Å²) >= 11 is 0. The molecule has 92 valence electrons. The van der Waals surface area contributed by atoms with Crippen LogP contribution in [0.3, 0.4) is 0 Å². The number of carboxylic acids is 1. The van der Waals surface area contributed by atoms with Crippen LogP contribution in [0.5, 0.6) is 0 Å². The third-order valence-corrected chi connectivity index (χ3v) is 1.85. The number of hydrogen-bond donors (Lipinski definition) is 4. The molecule has 1 aromatic rings. The zero-order chi connectivity index (χ0) is 13.7. The molecule has 0 saturated heterocycles. The minimum Gasteiger partial charge on any atom is -0.478 e. The van der Waals surface area contributed by atoms with Crippen molar-refractivity contribution in [2.45, 2.75) is 0 Å². The zero-order valence-electron chi connectivity index (χ0n) is 8.94. The Morgan fingerprint density at radius 1 is 1.61 bits per heavy atom. The predicted molar refractivity (Wildman–Crippen MR) is 61.9 cm³/mol. The highest BCUT2D eigenvalue weighted by Gasteiger charge is 2.10. The first-order chi connectivity index (χ1) is 8.45. The van der Waals surface area contributed by atoms with Crippen molar-refractivity contribution < 1.29 is 14.3 Å². The van der Waals surface area contributed by atoms with E-state index in [1.165, 1.54) is 6.07 Å². The van der Waals surface area contributed by atoms with Gasteiger partial charge in [0.05, 0.1) is 11.3 Å². The molecular formula is C10H8FN5O2. The predicted octanol–water partition coefficient (Wildman–Crippen LogP) is 0.751. The second-order valence-corrected chi connectivity index (χ2v) is 3.10. The van der Waals surface area contributed by atoms with Gasteiger partial charge in [-0.2, -0.15) is 10.4 Å². The second-order valence-electron chi connectivity index (χ2n) is 3.10. The van der Waals surface area contributed by atoms with Crippen LogP contribution in [0.1, 0.15) is 10.4 Å². The van der Waals surface area contributed by atoms with E-state index in [9.17, 15) is 9.18 Å². The molecule has 0 aliphatic carbocycles. The summed E-state index contributed by atoms with van der Waals surface area (Å²) in [6.07, 6.45) is 0. The lowest BCUT2D eigenvalue weighted by molar-refractivity contribution is 0.0692. The molecular weight excluding hydrogens is 241 g/mol. The molecule has 8 heteroatoms. The Labute approximate surface area is 101 Å². The van der Waals surface area contributed by atoms with Crippen LogP contribution in [-0.2, 0) is 0 Å². The fourth-order valence-corrected chi connectivity index (χ4v) is 1.02. The first-order valence-electron chi connectivity index (χ1n) is 4.56. The minimum atomic E-state index is -1.42. The van der Waals surface area contributed by atoms with E-state index < -0.39 is 23.2 Å². The monoisotopic (exact) mass is 249 g/mol. The summed E-state index contributed by atoms with van der Waals surface area (Å²) in [6.45, 7) is 0. The molecule has 1 rings (SSSR count). The Hall–Kier alpha value is -2.95. The third kappa shape index (κ3) is 3.02. The van der Waals surface area contributed by atoms with Crippen molar-refractivity contribution in [3.05, 3.63) is 29.6 Å². The Kier molecular flexibility index (Phi) is 3.93. The summed E-state index contributed by atoms with van der Waals surface area (Å²) in [5.74, 6) is -2.85. The van der Waals surface area contributed by atoms with Crippen LogP contribution in [0.15, 0.2) is 23.3 Å². The molecule has 0 bridgehead atoms. The summed E-state index contributed by atoms with van der Waals surface area (Å²) in [6, 6.07) is 4.76. The first kappa shape index (κ1) is 13.1. The average Bonchev–Trinajstić information content (AvgIpc) is 2.31. The van der Waals surface area contributed by atoms with Gasteiger partial charge < -0.3 is 10.8 Å². The Morgan fingerprint density at radius 2 is 2.28 bits per heavy atom. The number of nitrogens with two attached hydrogens (primary N) is 1. The molecule has 0 radical (unpaired) electrons. The van der Waals surface area contributed by atoms with Gasteiger partial charge in [0.2, 0.25) is 5.71 Å². The van der Waals surface area contributed by atoms with Crippen molar-refractivity contribution in [3.63, 3.8) is 0 Å². The van der Waals surface area contributed by atoms with Gasteiger partial charge in [0.25, 0.3) is 0 Å². The smallest absolute Gasteiger partial charge is 0.338 e. The van der Waals surface area contributed by atoms with Gasteiger partial charge in [0.15, 0.2) is 5.84 Å². The van der Waals surface area contributed by atoms with Crippen molar-refractivity contribution in [1.29, 1.82) is 10.7 Å². The van der Waals surface area contributed by atoms with E-state index >= 15 is 0 Å². The van der Waals surface area contributed by atoms with Crippen LogP contribution in [0.2, 0.25) is 0 Å². The van der Waals surface area contributed by atoms with Gasteiger partial charge in [0, 0.05) is 0 Å². The molecule has 0 atom stereocenters. The summed E-state index contributed by atoms with van der Waals surface area (Å²) < 4.78 is 13.1. The van der Waals surface area contributed by atoms with E-state index in [0.29, 0.717) is 0 Å². The molecule has 18 heavy (non-hydrogen) atoms. The maximum Gasteiger partial charge on any atom is 0.338 e. The number of hydrogen-bond acceptors (Lipinski definition) is 5. The van der Waals surface area contributed by atoms with Crippen LogP contribution in [-0.4, -0.2) is 22.6 Å². The molecule has 0 spiro atoms. The highest BCUT2D eigenvalue weighted by molar-refractivity contribution is 6.45. The SMILES string of the molecule is N#C/C(=N\Nc1ccc(F)c(C(=O)O)c1)C(=N)N. The van der Waals surface area contributed by atoms with Crippen molar-refractivity contribution in [2.24, 2.45) is 10.8 Å². The Balaban J connectivity index is 3.00. The van der Waals surface area contributed by atoms with E-state index in [-0.39, 0.29) is 11.4 Å². The molecule has 0 aliphatic heterocycles. The molecule has 0 aliphatic rings. The van der Waals surface area contributed by atoms with Gasteiger partial charge in [-0.1, -0.05) is 0 Å². The van der Waals surface area contributed by atoms with Crippen molar-refractivity contribution >= 4 is 23.2 Å². The van der Waals surface area contributed by atoms with Crippen LogP contribution >= 0.6 is 0 Å². The topological polar surface area (TPSA) is 135 Å². The number of benzene rings is 1. The summed E-state index contributed by atoms with van der Waals surface area (Å²) in [4.78, 5) is 10.7. The number of rotatable bonds is 4. The van der Waals surface area contributed by atoms with Crippen molar-refractivity contribution in [2.75, 3.05) is 5.43 Å². The maximum absolute atomic E-state index is 13.1. The lowest BCUT2D eigenvalue weighted by Gasteiger charge is -2.03. The number of anilines is 1. The van der Waals surface area contributed by atoms with Crippen molar-refractivity contribution in [1.82, 2.24) is 0 Å².